The summed E-state index contributed by atoms with van der Waals surface area (Å²) in [6.07, 6.45) is 0. The fourth-order valence-corrected chi connectivity index (χ4v) is 1.95. The number of hydrogen-bond donors (Lipinski definition) is 0. The Morgan fingerprint density at radius 1 is 0.667 bits per heavy atom. The van der Waals surface area contributed by atoms with E-state index in [1.54, 1.807) is 30.3 Å². The number of halogens is 2. The summed E-state index contributed by atoms with van der Waals surface area (Å²) in [7, 11) is 0. The predicted molar refractivity (Wildman–Crippen MR) is 65.5 cm³/mol. The molecule has 1 aliphatic heterocycles. The molecule has 88 valence electrons. The van der Waals surface area contributed by atoms with E-state index >= 15 is 0 Å². The van der Waals surface area contributed by atoms with Crippen LogP contribution in [0, 0.1) is 0 Å². The molecule has 0 unspecified atom stereocenters. The van der Waals surface area contributed by atoms with Crippen LogP contribution in [0.1, 0.15) is 5.56 Å². The van der Waals surface area contributed by atoms with E-state index in [1.165, 1.54) is 6.07 Å². The minimum Gasteiger partial charge on any atom is -0.201 e. The summed E-state index contributed by atoms with van der Waals surface area (Å²) < 4.78 is 27.3. The average Bonchev–Trinajstić information content (AvgIpc) is 2.43. The molecule has 3 rings (SSSR count). The van der Waals surface area contributed by atoms with Crippen LogP contribution in [-0.4, -0.2) is 0 Å². The highest BCUT2D eigenvalue weighted by Gasteiger charge is 2.18. The number of nitrogens with zero attached hydrogens (tertiary/aromatic N) is 2. The van der Waals surface area contributed by atoms with Gasteiger partial charge in [-0.1, -0.05) is 42.5 Å². The van der Waals surface area contributed by atoms with E-state index < -0.39 is 11.8 Å². The van der Waals surface area contributed by atoms with Crippen LogP contribution in [0.2, 0.25) is 0 Å². The second-order valence-corrected chi connectivity index (χ2v) is 3.87. The molecule has 2 nitrogen and oxygen atoms in total. The van der Waals surface area contributed by atoms with Crippen molar-refractivity contribution in [1.29, 1.82) is 0 Å². The monoisotopic (exact) mass is 242 g/mol. The molecule has 0 amide bonds. The van der Waals surface area contributed by atoms with Crippen molar-refractivity contribution in [3.05, 3.63) is 60.0 Å². The van der Waals surface area contributed by atoms with Crippen molar-refractivity contribution in [3.63, 3.8) is 0 Å². The Kier molecular flexibility index (Phi) is 2.48. The Labute approximate surface area is 102 Å². The molecule has 18 heavy (non-hydrogen) atoms. The maximum atomic E-state index is 13.9. The molecule has 0 fully saturated rings. The van der Waals surface area contributed by atoms with Crippen LogP contribution < -0.4 is 0 Å². The second kappa shape index (κ2) is 4.14. The van der Waals surface area contributed by atoms with Crippen LogP contribution in [0.25, 0.3) is 17.0 Å². The highest BCUT2D eigenvalue weighted by molar-refractivity contribution is 5.85. The Bertz CT molecular complexity index is 675. The number of rotatable bonds is 0. The molecule has 2 aromatic carbocycles. The van der Waals surface area contributed by atoms with Crippen LogP contribution in [0.3, 0.4) is 0 Å². The molecule has 0 bridgehead atoms. The van der Waals surface area contributed by atoms with Gasteiger partial charge in [-0.3, -0.25) is 0 Å². The minimum atomic E-state index is -1.20. The zero-order valence-corrected chi connectivity index (χ0v) is 9.27. The van der Waals surface area contributed by atoms with Gasteiger partial charge in [0.15, 0.2) is 5.83 Å². The smallest absolute Gasteiger partial charge is 0.201 e. The molecule has 4 heteroatoms. The summed E-state index contributed by atoms with van der Waals surface area (Å²) in [5, 5.41) is 7.00. The average molecular weight is 242 g/mol. The molecule has 1 aliphatic rings. The summed E-state index contributed by atoms with van der Waals surface area (Å²) >= 11 is 0. The summed E-state index contributed by atoms with van der Waals surface area (Å²) in [5.41, 5.74) is 2.06. The summed E-state index contributed by atoms with van der Waals surface area (Å²) in [5.74, 6) is -2.18. The van der Waals surface area contributed by atoms with Gasteiger partial charge in [-0.05, 0) is 11.6 Å². The fraction of sp³-hybridized carbons (Fsp3) is 0. The number of fused-ring (bicyclic) bond motifs is 3. The molecule has 1 heterocycles. The summed E-state index contributed by atoms with van der Waals surface area (Å²) in [4.78, 5) is 0. The van der Waals surface area contributed by atoms with Crippen LogP contribution in [-0.2, 0) is 0 Å². The Hall–Kier alpha value is -2.36. The molecule has 0 N–H and O–H groups in total. The Balaban J connectivity index is 2.39. The van der Waals surface area contributed by atoms with Crippen LogP contribution in [0.5, 0.6) is 0 Å². The summed E-state index contributed by atoms with van der Waals surface area (Å²) in [6.45, 7) is 0. The van der Waals surface area contributed by atoms with E-state index in [2.05, 4.69) is 10.2 Å². The molecule has 2 aromatic rings. The molecule has 0 atom stereocenters. The van der Waals surface area contributed by atoms with E-state index in [1.807, 2.05) is 12.1 Å². The van der Waals surface area contributed by atoms with Crippen LogP contribution in [0.15, 0.2) is 64.7 Å². The SMILES string of the molecule is FC1=C(F)c2ccccc2-c2ccccc2N=N1. The largest absolute Gasteiger partial charge is 0.269 e. The van der Waals surface area contributed by atoms with Crippen LogP contribution >= 0.6 is 0 Å². The summed E-state index contributed by atoms with van der Waals surface area (Å²) in [6, 6.07) is 13.8. The molecule has 0 aromatic heterocycles. The second-order valence-electron chi connectivity index (χ2n) is 3.87. The van der Waals surface area contributed by atoms with Crippen molar-refractivity contribution in [2.24, 2.45) is 10.2 Å². The third kappa shape index (κ3) is 1.62. The maximum Gasteiger partial charge on any atom is 0.269 e. The van der Waals surface area contributed by atoms with Gasteiger partial charge < -0.3 is 0 Å². The Morgan fingerprint density at radius 2 is 1.28 bits per heavy atom. The lowest BCUT2D eigenvalue weighted by atomic mass is 9.97. The van der Waals surface area contributed by atoms with E-state index in [9.17, 15) is 8.78 Å². The molecule has 0 spiro atoms. The molecule has 0 saturated carbocycles. The first-order valence-corrected chi connectivity index (χ1v) is 5.43. The van der Waals surface area contributed by atoms with Gasteiger partial charge >= 0.3 is 0 Å². The van der Waals surface area contributed by atoms with Gasteiger partial charge in [0.2, 0.25) is 0 Å². The minimum absolute atomic E-state index is 0.195. The van der Waals surface area contributed by atoms with Crippen molar-refractivity contribution in [1.82, 2.24) is 0 Å². The van der Waals surface area contributed by atoms with Crippen molar-refractivity contribution in [3.8, 4) is 11.1 Å². The number of azo groups is 1. The molecular weight excluding hydrogens is 234 g/mol. The van der Waals surface area contributed by atoms with Gasteiger partial charge in [0, 0.05) is 11.1 Å². The van der Waals surface area contributed by atoms with E-state index in [-0.39, 0.29) is 5.56 Å². The number of benzene rings is 2. The quantitative estimate of drug-likeness (QED) is 0.580. The lowest BCUT2D eigenvalue weighted by molar-refractivity contribution is 0.584. The third-order valence-corrected chi connectivity index (χ3v) is 2.78. The predicted octanol–water partition coefficient (Wildman–Crippen LogP) is 5.02. The molecule has 0 radical (unpaired) electrons. The van der Waals surface area contributed by atoms with Gasteiger partial charge in [0.05, 0.1) is 5.69 Å². The van der Waals surface area contributed by atoms with Gasteiger partial charge in [-0.25, -0.2) is 4.39 Å². The van der Waals surface area contributed by atoms with Gasteiger partial charge in [-0.15, -0.1) is 10.2 Å². The molecular formula is C14H8F2N2. The first kappa shape index (κ1) is 10.8. The van der Waals surface area contributed by atoms with Gasteiger partial charge in [-0.2, -0.15) is 4.39 Å². The third-order valence-electron chi connectivity index (χ3n) is 2.78. The van der Waals surface area contributed by atoms with E-state index in [0.717, 1.165) is 5.56 Å². The first-order valence-electron chi connectivity index (χ1n) is 5.43. The highest BCUT2D eigenvalue weighted by Crippen LogP contribution is 2.39. The zero-order chi connectivity index (χ0) is 12.5. The zero-order valence-electron chi connectivity index (χ0n) is 9.27. The van der Waals surface area contributed by atoms with Crippen molar-refractivity contribution < 1.29 is 8.78 Å². The normalized spacial score (nSPS) is 13.7. The highest BCUT2D eigenvalue weighted by atomic mass is 19.2. The van der Waals surface area contributed by atoms with E-state index in [4.69, 9.17) is 0 Å². The number of hydrogen-bond acceptors (Lipinski definition) is 2. The Morgan fingerprint density at radius 3 is 2.06 bits per heavy atom. The van der Waals surface area contributed by atoms with Crippen molar-refractivity contribution >= 4 is 11.5 Å². The van der Waals surface area contributed by atoms with Crippen molar-refractivity contribution in [2.45, 2.75) is 0 Å². The van der Waals surface area contributed by atoms with Gasteiger partial charge in [0.25, 0.3) is 5.95 Å². The fourth-order valence-electron chi connectivity index (χ4n) is 1.95. The topological polar surface area (TPSA) is 24.7 Å². The van der Waals surface area contributed by atoms with E-state index in [0.29, 0.717) is 11.3 Å². The van der Waals surface area contributed by atoms with Crippen molar-refractivity contribution in [2.75, 3.05) is 0 Å². The lowest BCUT2D eigenvalue weighted by Crippen LogP contribution is -1.90. The molecule has 0 aliphatic carbocycles. The standard InChI is InChI=1S/C14H8F2N2/c15-13-11-7-2-1-5-9(11)10-6-3-4-8-12(10)17-18-14(13)16/h1-8H. The molecule has 0 saturated heterocycles. The lowest BCUT2D eigenvalue weighted by Gasteiger charge is -2.11. The van der Waals surface area contributed by atoms with Gasteiger partial charge in [0.1, 0.15) is 0 Å². The van der Waals surface area contributed by atoms with Crippen LogP contribution in [0.4, 0.5) is 14.5 Å². The maximum absolute atomic E-state index is 13.9. The first-order chi connectivity index (χ1) is 8.77.